The molecular formula is C20H19N5O4. The molecule has 0 saturated carbocycles. The van der Waals surface area contributed by atoms with E-state index in [0.29, 0.717) is 5.56 Å². The summed E-state index contributed by atoms with van der Waals surface area (Å²) in [6.45, 7) is 0. The van der Waals surface area contributed by atoms with Gasteiger partial charge in [-0.25, -0.2) is 5.48 Å². The van der Waals surface area contributed by atoms with Crippen molar-refractivity contribution in [2.45, 2.75) is 6.04 Å². The highest BCUT2D eigenvalue weighted by Gasteiger charge is 2.33. The van der Waals surface area contributed by atoms with Crippen LogP contribution in [0.25, 0.3) is 0 Å². The Balaban J connectivity index is 2.12. The highest BCUT2D eigenvalue weighted by Crippen LogP contribution is 2.09. The second kappa shape index (κ2) is 9.74. The zero-order valence-corrected chi connectivity index (χ0v) is 16.1. The third-order valence-electron chi connectivity index (χ3n) is 3.87. The summed E-state index contributed by atoms with van der Waals surface area (Å²) in [6.07, 6.45) is 3.41. The van der Waals surface area contributed by atoms with Gasteiger partial charge in [-0.3, -0.25) is 24.3 Å². The summed E-state index contributed by atoms with van der Waals surface area (Å²) in [5.41, 5.74) is 3.03. The molecule has 9 nitrogen and oxygen atoms in total. The van der Waals surface area contributed by atoms with Gasteiger partial charge in [0.25, 0.3) is 17.7 Å². The fraction of sp³-hybridized carbons (Fsp3) is 0.200. The molecule has 0 aliphatic heterocycles. The maximum atomic E-state index is 12.6. The molecule has 1 aromatic heterocycles. The van der Waals surface area contributed by atoms with Gasteiger partial charge in [-0.05, 0) is 42.0 Å². The van der Waals surface area contributed by atoms with E-state index in [0.717, 1.165) is 10.5 Å². The van der Waals surface area contributed by atoms with Gasteiger partial charge >= 0.3 is 0 Å². The molecule has 0 bridgehead atoms. The number of amides is 3. The Bertz CT molecular complexity index is 1020. The maximum absolute atomic E-state index is 12.6. The summed E-state index contributed by atoms with van der Waals surface area (Å²) < 4.78 is 1.64. The third kappa shape index (κ3) is 5.45. The van der Waals surface area contributed by atoms with Crippen molar-refractivity contribution in [3.05, 3.63) is 53.3 Å². The first-order valence-electron chi connectivity index (χ1n) is 8.40. The molecule has 1 heterocycles. The molecule has 0 radical (unpaired) electrons. The van der Waals surface area contributed by atoms with Crippen molar-refractivity contribution in [2.75, 3.05) is 14.1 Å². The van der Waals surface area contributed by atoms with Crippen LogP contribution in [0.15, 0.2) is 36.7 Å². The first-order chi connectivity index (χ1) is 13.9. The number of hydrogen-bond acceptors (Lipinski definition) is 5. The summed E-state index contributed by atoms with van der Waals surface area (Å²) in [5.74, 6) is 8.83. The van der Waals surface area contributed by atoms with E-state index in [1.54, 1.807) is 36.3 Å². The number of aromatic nitrogens is 2. The molecule has 148 valence electrons. The molecule has 29 heavy (non-hydrogen) atoms. The van der Waals surface area contributed by atoms with Crippen molar-refractivity contribution < 1.29 is 19.6 Å². The first kappa shape index (κ1) is 21.2. The van der Waals surface area contributed by atoms with Crippen LogP contribution in [0.1, 0.15) is 21.5 Å². The lowest BCUT2D eigenvalue weighted by Crippen LogP contribution is -2.54. The number of nitrogens with one attached hydrogen (secondary N) is 2. The number of carbonyl (C=O) groups excluding carboxylic acids is 3. The molecule has 0 fully saturated rings. The molecule has 9 heteroatoms. The van der Waals surface area contributed by atoms with Crippen LogP contribution in [0.3, 0.4) is 0 Å². The van der Waals surface area contributed by atoms with Crippen molar-refractivity contribution in [1.82, 2.24) is 25.5 Å². The van der Waals surface area contributed by atoms with Crippen molar-refractivity contribution in [1.29, 1.82) is 0 Å². The average Bonchev–Trinajstić information content (AvgIpc) is 3.15. The number of rotatable bonds is 4. The van der Waals surface area contributed by atoms with Crippen LogP contribution >= 0.6 is 0 Å². The van der Waals surface area contributed by atoms with Crippen molar-refractivity contribution in [3.8, 4) is 23.7 Å². The predicted octanol–water partition coefficient (Wildman–Crippen LogP) is -0.485. The zero-order chi connectivity index (χ0) is 21.4. The van der Waals surface area contributed by atoms with E-state index in [-0.39, 0.29) is 5.56 Å². The van der Waals surface area contributed by atoms with Gasteiger partial charge in [-0.15, -0.1) is 0 Å². The quantitative estimate of drug-likeness (QED) is 0.281. The number of hydrogen-bond donors (Lipinski definition) is 3. The molecular weight excluding hydrogens is 374 g/mol. The van der Waals surface area contributed by atoms with E-state index in [9.17, 15) is 14.4 Å². The van der Waals surface area contributed by atoms with Gasteiger partial charge in [0.15, 0.2) is 6.04 Å². The van der Waals surface area contributed by atoms with E-state index in [1.807, 2.05) is 0 Å². The maximum Gasteiger partial charge on any atom is 0.275 e. The fourth-order valence-electron chi connectivity index (χ4n) is 2.38. The minimum atomic E-state index is -1.51. The first-order valence-corrected chi connectivity index (χ1v) is 8.40. The van der Waals surface area contributed by atoms with E-state index in [4.69, 9.17) is 5.21 Å². The monoisotopic (exact) mass is 393 g/mol. The number of likely N-dealkylation sites (N-methyl/N-ethyl adjacent to an activating group) is 2. The third-order valence-corrected chi connectivity index (χ3v) is 3.87. The zero-order valence-electron chi connectivity index (χ0n) is 16.1. The second-order valence-corrected chi connectivity index (χ2v) is 5.89. The van der Waals surface area contributed by atoms with Crippen LogP contribution in [0, 0.1) is 23.7 Å². The van der Waals surface area contributed by atoms with Gasteiger partial charge in [0, 0.05) is 38.5 Å². The summed E-state index contributed by atoms with van der Waals surface area (Å²) in [4.78, 5) is 37.1. The molecule has 3 N–H and O–H groups in total. The lowest BCUT2D eigenvalue weighted by molar-refractivity contribution is -0.140. The van der Waals surface area contributed by atoms with E-state index in [2.05, 4.69) is 34.1 Å². The number of nitrogens with zero attached hydrogens (tertiary/aromatic N) is 3. The summed E-state index contributed by atoms with van der Waals surface area (Å²) >= 11 is 0. The molecule has 2 aromatic rings. The minimum Gasteiger partial charge on any atom is -0.357 e. The number of aryl methyl sites for hydroxylation is 1. The van der Waals surface area contributed by atoms with Gasteiger partial charge < -0.3 is 10.2 Å². The SMILES string of the molecule is CNC(=O)C(C(=O)NO)N(C)C(=O)c1ccc(C#CC#Cc2cnn(C)c2)cc1. The van der Waals surface area contributed by atoms with Crippen LogP contribution in [0.4, 0.5) is 0 Å². The highest BCUT2D eigenvalue weighted by molar-refractivity contribution is 6.08. The topological polar surface area (TPSA) is 117 Å². The summed E-state index contributed by atoms with van der Waals surface area (Å²) in [7, 11) is 4.41. The van der Waals surface area contributed by atoms with Crippen LogP contribution in [0.2, 0.25) is 0 Å². The fourth-order valence-corrected chi connectivity index (χ4v) is 2.38. The number of benzene rings is 1. The van der Waals surface area contributed by atoms with Crippen molar-refractivity contribution in [2.24, 2.45) is 7.05 Å². The molecule has 1 atom stereocenters. The van der Waals surface area contributed by atoms with E-state index in [1.165, 1.54) is 31.7 Å². The molecule has 0 aliphatic rings. The Kier molecular flexibility index (Phi) is 7.13. The largest absolute Gasteiger partial charge is 0.357 e. The summed E-state index contributed by atoms with van der Waals surface area (Å²) in [5, 5.41) is 15.1. The van der Waals surface area contributed by atoms with Crippen molar-refractivity contribution >= 4 is 17.7 Å². The van der Waals surface area contributed by atoms with Crippen LogP contribution < -0.4 is 10.8 Å². The Labute approximate surface area is 167 Å². The Hall–Kier alpha value is -4.08. The second-order valence-electron chi connectivity index (χ2n) is 5.89. The lowest BCUT2D eigenvalue weighted by atomic mass is 10.1. The molecule has 0 saturated heterocycles. The van der Waals surface area contributed by atoms with Crippen LogP contribution in [0.5, 0.6) is 0 Å². The molecule has 1 aromatic carbocycles. The van der Waals surface area contributed by atoms with Crippen LogP contribution in [-0.2, 0) is 16.6 Å². The van der Waals surface area contributed by atoms with Crippen LogP contribution in [-0.4, -0.2) is 57.7 Å². The molecule has 0 spiro atoms. The number of hydroxylamine groups is 1. The average molecular weight is 393 g/mol. The van der Waals surface area contributed by atoms with Gasteiger partial charge in [0.2, 0.25) is 0 Å². The Morgan fingerprint density at radius 1 is 1.10 bits per heavy atom. The Morgan fingerprint density at radius 2 is 1.72 bits per heavy atom. The van der Waals surface area contributed by atoms with E-state index >= 15 is 0 Å². The summed E-state index contributed by atoms with van der Waals surface area (Å²) in [6, 6.07) is 4.78. The molecule has 1 unspecified atom stereocenters. The van der Waals surface area contributed by atoms with Gasteiger partial charge in [-0.2, -0.15) is 5.10 Å². The molecule has 3 amide bonds. The van der Waals surface area contributed by atoms with Gasteiger partial charge in [0.1, 0.15) is 0 Å². The van der Waals surface area contributed by atoms with E-state index < -0.39 is 23.8 Å². The van der Waals surface area contributed by atoms with Crippen molar-refractivity contribution in [3.63, 3.8) is 0 Å². The Morgan fingerprint density at radius 3 is 2.24 bits per heavy atom. The molecule has 0 aliphatic carbocycles. The minimum absolute atomic E-state index is 0.249. The normalized spacial score (nSPS) is 10.5. The van der Waals surface area contributed by atoms with Gasteiger partial charge in [0.05, 0.1) is 11.8 Å². The molecule has 2 rings (SSSR count). The number of carbonyl (C=O) groups is 3. The standard InChI is InChI=1S/C20H19N5O4/c1-21-18(26)17(19(27)23-29)25(3)20(28)16-10-8-14(9-11-16)6-4-5-7-15-12-22-24(2)13-15/h8-13,17,29H,1-3H3,(H,21,26)(H,23,27). The highest BCUT2D eigenvalue weighted by atomic mass is 16.5. The predicted molar refractivity (Wildman–Crippen MR) is 103 cm³/mol. The lowest BCUT2D eigenvalue weighted by Gasteiger charge is -2.25. The van der Waals surface area contributed by atoms with Gasteiger partial charge in [-0.1, -0.05) is 5.92 Å². The smallest absolute Gasteiger partial charge is 0.275 e.